The van der Waals surface area contributed by atoms with E-state index < -0.39 is 0 Å². The molecule has 1 atom stereocenters. The van der Waals surface area contributed by atoms with Gasteiger partial charge in [-0.05, 0) is 6.42 Å². The second-order valence-electron chi connectivity index (χ2n) is 5.97. The normalized spacial score (nSPS) is 17.3. The van der Waals surface area contributed by atoms with Gasteiger partial charge in [0, 0.05) is 31.5 Å². The molecule has 1 aromatic rings. The smallest absolute Gasteiger partial charge is 0.274 e. The zero-order valence-corrected chi connectivity index (χ0v) is 14.2. The van der Waals surface area contributed by atoms with Gasteiger partial charge in [0.15, 0.2) is 5.69 Å². The molecule has 124 valence electrons. The van der Waals surface area contributed by atoms with Crippen molar-refractivity contribution in [2.45, 2.75) is 32.6 Å². The topological polar surface area (TPSA) is 79.1 Å². The van der Waals surface area contributed by atoms with E-state index in [4.69, 9.17) is 21.6 Å². The minimum absolute atomic E-state index is 0.106. The lowest BCUT2D eigenvalue weighted by Gasteiger charge is -2.24. The van der Waals surface area contributed by atoms with E-state index in [1.807, 2.05) is 13.8 Å². The molecule has 0 aliphatic carbocycles. The maximum Gasteiger partial charge on any atom is 0.274 e. The third-order valence-electron chi connectivity index (χ3n) is 3.77. The molecule has 0 radical (unpaired) electrons. The zero-order valence-electron chi connectivity index (χ0n) is 13.5. The third kappa shape index (κ3) is 4.63. The lowest BCUT2D eigenvalue weighted by atomic mass is 10.1. The summed E-state index contributed by atoms with van der Waals surface area (Å²) in [6, 6.07) is 2.08. The molecule has 1 amide bonds. The largest absolute Gasteiger partial charge is 0.381 e. The van der Waals surface area contributed by atoms with Crippen LogP contribution in [0, 0.1) is 17.2 Å². The van der Waals surface area contributed by atoms with E-state index in [9.17, 15) is 4.79 Å². The Bertz CT molecular complexity index is 594. The summed E-state index contributed by atoms with van der Waals surface area (Å²) in [7, 11) is 0. The molecule has 2 heterocycles. The van der Waals surface area contributed by atoms with Gasteiger partial charge in [-0.25, -0.2) is 9.97 Å². The number of nitriles is 1. The molecule has 6 nitrogen and oxygen atoms in total. The van der Waals surface area contributed by atoms with Gasteiger partial charge in [0.1, 0.15) is 5.82 Å². The lowest BCUT2D eigenvalue weighted by Crippen LogP contribution is -2.37. The quantitative estimate of drug-likeness (QED) is 0.797. The van der Waals surface area contributed by atoms with E-state index in [-0.39, 0.29) is 29.0 Å². The van der Waals surface area contributed by atoms with Crippen molar-refractivity contribution in [3.8, 4) is 6.07 Å². The number of rotatable bonds is 6. The van der Waals surface area contributed by atoms with Crippen molar-refractivity contribution < 1.29 is 9.53 Å². The summed E-state index contributed by atoms with van der Waals surface area (Å²) in [5.74, 6) is 0.737. The van der Waals surface area contributed by atoms with Crippen LogP contribution in [0.1, 0.15) is 48.9 Å². The van der Waals surface area contributed by atoms with Crippen molar-refractivity contribution in [2.75, 3.05) is 26.3 Å². The molecule has 2 rings (SSSR count). The summed E-state index contributed by atoms with van der Waals surface area (Å²) >= 11 is 6.13. The summed E-state index contributed by atoms with van der Waals surface area (Å²) in [6.07, 6.45) is 2.67. The van der Waals surface area contributed by atoms with Crippen molar-refractivity contribution in [1.82, 2.24) is 14.9 Å². The molecular formula is C16H21ClN4O2. The highest BCUT2D eigenvalue weighted by Crippen LogP contribution is 2.20. The standard InChI is InChI=1S/C16H21ClN4O2/c1-11(2)15-19-8-13(17)14(20-15)16(22)21(6-3-5-18)9-12-4-7-23-10-12/h8,11-12H,3-4,6-7,9-10H2,1-2H3/t12-/m1/s1. The van der Waals surface area contributed by atoms with E-state index in [0.717, 1.165) is 13.0 Å². The first-order chi connectivity index (χ1) is 11.0. The Labute approximate surface area is 141 Å². The Hall–Kier alpha value is -1.71. The van der Waals surface area contributed by atoms with Gasteiger partial charge >= 0.3 is 0 Å². The summed E-state index contributed by atoms with van der Waals surface area (Å²) in [5.41, 5.74) is 0.210. The predicted molar refractivity (Wildman–Crippen MR) is 86.2 cm³/mol. The van der Waals surface area contributed by atoms with Gasteiger partial charge in [-0.3, -0.25) is 4.79 Å². The lowest BCUT2D eigenvalue weighted by molar-refractivity contribution is 0.0718. The van der Waals surface area contributed by atoms with Crippen LogP contribution in [0.25, 0.3) is 0 Å². The average molecular weight is 337 g/mol. The van der Waals surface area contributed by atoms with Gasteiger partial charge < -0.3 is 9.64 Å². The molecule has 0 N–H and O–H groups in total. The Balaban J connectivity index is 2.21. The van der Waals surface area contributed by atoms with E-state index >= 15 is 0 Å². The molecule has 0 saturated carbocycles. The highest BCUT2D eigenvalue weighted by Gasteiger charge is 2.26. The SMILES string of the molecule is CC(C)c1ncc(Cl)c(C(=O)N(CCC#N)C[C@H]2CCOC2)n1. The number of halogens is 1. The van der Waals surface area contributed by atoms with Crippen LogP contribution in [0.3, 0.4) is 0 Å². The van der Waals surface area contributed by atoms with Gasteiger partial charge in [0.25, 0.3) is 5.91 Å². The maximum absolute atomic E-state index is 12.8. The fraction of sp³-hybridized carbons (Fsp3) is 0.625. The van der Waals surface area contributed by atoms with E-state index in [2.05, 4.69) is 16.0 Å². The van der Waals surface area contributed by atoms with Gasteiger partial charge in [0.2, 0.25) is 0 Å². The number of amides is 1. The van der Waals surface area contributed by atoms with Crippen molar-refractivity contribution in [2.24, 2.45) is 5.92 Å². The fourth-order valence-electron chi connectivity index (χ4n) is 2.46. The van der Waals surface area contributed by atoms with E-state index in [1.54, 1.807) is 4.90 Å². The number of carbonyl (C=O) groups is 1. The minimum atomic E-state index is -0.249. The maximum atomic E-state index is 12.8. The van der Waals surface area contributed by atoms with Gasteiger partial charge in [-0.2, -0.15) is 5.26 Å². The first kappa shape index (κ1) is 17.6. The monoisotopic (exact) mass is 336 g/mol. The van der Waals surface area contributed by atoms with Gasteiger partial charge in [0.05, 0.1) is 30.3 Å². The molecule has 1 aliphatic heterocycles. The molecule has 0 spiro atoms. The molecule has 1 aromatic heterocycles. The highest BCUT2D eigenvalue weighted by molar-refractivity contribution is 6.33. The molecule has 7 heteroatoms. The first-order valence-electron chi connectivity index (χ1n) is 7.79. The van der Waals surface area contributed by atoms with Crippen LogP contribution in [-0.4, -0.2) is 47.1 Å². The highest BCUT2D eigenvalue weighted by atomic mass is 35.5. The predicted octanol–water partition coefficient (Wildman–Crippen LogP) is 2.65. The third-order valence-corrected chi connectivity index (χ3v) is 4.04. The van der Waals surface area contributed by atoms with Crippen molar-refractivity contribution in [3.63, 3.8) is 0 Å². The van der Waals surface area contributed by atoms with E-state index in [1.165, 1.54) is 6.20 Å². The van der Waals surface area contributed by atoms with Crippen LogP contribution in [0.2, 0.25) is 5.02 Å². The van der Waals surface area contributed by atoms with Crippen molar-refractivity contribution in [3.05, 3.63) is 22.7 Å². The van der Waals surface area contributed by atoms with Gasteiger partial charge in [-0.1, -0.05) is 25.4 Å². The molecule has 1 aliphatic rings. The summed E-state index contributed by atoms with van der Waals surface area (Å²) in [6.45, 7) is 6.20. The van der Waals surface area contributed by atoms with Crippen LogP contribution in [-0.2, 0) is 4.74 Å². The molecule has 0 bridgehead atoms. The molecule has 1 saturated heterocycles. The zero-order chi connectivity index (χ0) is 16.8. The minimum Gasteiger partial charge on any atom is -0.381 e. The van der Waals surface area contributed by atoms with Crippen LogP contribution in [0.5, 0.6) is 0 Å². The Kier molecular flexibility index (Phi) is 6.31. The molecule has 1 fully saturated rings. The second kappa shape index (κ2) is 8.23. The molecule has 23 heavy (non-hydrogen) atoms. The summed E-state index contributed by atoms with van der Waals surface area (Å²) in [4.78, 5) is 23.0. The molecule has 0 aromatic carbocycles. The number of hydrogen-bond acceptors (Lipinski definition) is 5. The van der Waals surface area contributed by atoms with Crippen molar-refractivity contribution in [1.29, 1.82) is 5.26 Å². The number of hydrogen-bond donors (Lipinski definition) is 0. The van der Waals surface area contributed by atoms with Crippen LogP contribution >= 0.6 is 11.6 Å². The van der Waals surface area contributed by atoms with Crippen LogP contribution in [0.15, 0.2) is 6.20 Å². The van der Waals surface area contributed by atoms with Crippen LogP contribution in [0.4, 0.5) is 0 Å². The van der Waals surface area contributed by atoms with Crippen LogP contribution < -0.4 is 0 Å². The average Bonchev–Trinajstić information content (AvgIpc) is 3.04. The molecular weight excluding hydrogens is 316 g/mol. The molecule has 0 unspecified atom stereocenters. The Morgan fingerprint density at radius 1 is 1.61 bits per heavy atom. The second-order valence-corrected chi connectivity index (χ2v) is 6.38. The summed E-state index contributed by atoms with van der Waals surface area (Å²) < 4.78 is 5.37. The Morgan fingerprint density at radius 2 is 2.39 bits per heavy atom. The van der Waals surface area contributed by atoms with Gasteiger partial charge in [-0.15, -0.1) is 0 Å². The number of nitrogens with zero attached hydrogens (tertiary/aromatic N) is 4. The Morgan fingerprint density at radius 3 is 3.00 bits per heavy atom. The van der Waals surface area contributed by atoms with E-state index in [0.29, 0.717) is 31.4 Å². The fourth-order valence-corrected chi connectivity index (χ4v) is 2.63. The number of ether oxygens (including phenoxy) is 1. The first-order valence-corrected chi connectivity index (χ1v) is 8.17. The number of carbonyl (C=O) groups excluding carboxylic acids is 1. The summed E-state index contributed by atoms with van der Waals surface area (Å²) in [5, 5.41) is 9.08. The van der Waals surface area contributed by atoms with Crippen molar-refractivity contribution >= 4 is 17.5 Å². The number of aromatic nitrogens is 2.